The minimum Gasteiger partial charge on any atom is -0.452 e. The van der Waals surface area contributed by atoms with Crippen molar-refractivity contribution in [3.63, 3.8) is 0 Å². The van der Waals surface area contributed by atoms with Crippen molar-refractivity contribution in [1.82, 2.24) is 4.98 Å². The van der Waals surface area contributed by atoms with Crippen molar-refractivity contribution in [2.45, 2.75) is 13.3 Å². The second-order valence-corrected chi connectivity index (χ2v) is 7.80. The van der Waals surface area contributed by atoms with E-state index in [0.29, 0.717) is 27.8 Å². The summed E-state index contributed by atoms with van der Waals surface area (Å²) in [6.07, 6.45) is 0.170. The highest BCUT2D eigenvalue weighted by Gasteiger charge is 2.20. The predicted molar refractivity (Wildman–Crippen MR) is 131 cm³/mol. The van der Waals surface area contributed by atoms with Crippen molar-refractivity contribution in [2.24, 2.45) is 0 Å². The molecule has 0 unspecified atom stereocenters. The van der Waals surface area contributed by atoms with Gasteiger partial charge in [-0.2, -0.15) is 5.26 Å². The van der Waals surface area contributed by atoms with Gasteiger partial charge in [-0.05, 0) is 31.2 Å². The van der Waals surface area contributed by atoms with Crippen molar-refractivity contribution in [3.8, 4) is 17.3 Å². The number of nitriles is 1. The van der Waals surface area contributed by atoms with Crippen LogP contribution in [0.3, 0.4) is 0 Å². The summed E-state index contributed by atoms with van der Waals surface area (Å²) in [5.41, 5.74) is 4.32. The monoisotopic (exact) mass is 449 g/mol. The van der Waals surface area contributed by atoms with Crippen LogP contribution in [0, 0.1) is 18.3 Å². The molecule has 4 aromatic rings. The van der Waals surface area contributed by atoms with E-state index in [1.165, 1.54) is 4.90 Å². The molecule has 0 fully saturated rings. The van der Waals surface area contributed by atoms with E-state index in [1.54, 1.807) is 18.2 Å². The highest BCUT2D eigenvalue weighted by Crippen LogP contribution is 2.26. The van der Waals surface area contributed by atoms with Crippen LogP contribution in [-0.4, -0.2) is 30.0 Å². The number of carbonyl (C=O) groups is 2. The number of ether oxygens (including phenoxy) is 1. The van der Waals surface area contributed by atoms with Crippen LogP contribution in [0.5, 0.6) is 0 Å². The lowest BCUT2D eigenvalue weighted by Crippen LogP contribution is -2.35. The first-order chi connectivity index (χ1) is 16.6. The van der Waals surface area contributed by atoms with Gasteiger partial charge >= 0.3 is 5.97 Å². The minimum atomic E-state index is -0.603. The van der Waals surface area contributed by atoms with Gasteiger partial charge in [0.05, 0.1) is 29.3 Å². The maximum atomic E-state index is 13.1. The van der Waals surface area contributed by atoms with Gasteiger partial charge < -0.3 is 9.64 Å². The number of aryl methyl sites for hydroxylation is 1. The van der Waals surface area contributed by atoms with Crippen molar-refractivity contribution in [2.75, 3.05) is 18.1 Å². The number of esters is 1. The average molecular weight is 450 g/mol. The van der Waals surface area contributed by atoms with Crippen LogP contribution >= 0.6 is 0 Å². The molecule has 0 aliphatic carbocycles. The Hall–Kier alpha value is -4.50. The number of amides is 1. The lowest BCUT2D eigenvalue weighted by atomic mass is 10.0. The molecule has 34 heavy (non-hydrogen) atoms. The van der Waals surface area contributed by atoms with Crippen molar-refractivity contribution >= 4 is 28.5 Å². The number of anilines is 1. The molecular formula is C28H23N3O3. The Morgan fingerprint density at radius 1 is 0.971 bits per heavy atom. The molecule has 0 N–H and O–H groups in total. The maximum Gasteiger partial charge on any atom is 0.339 e. The number of nitrogens with zero attached hydrogens (tertiary/aromatic N) is 3. The lowest BCUT2D eigenvalue weighted by molar-refractivity contribution is -0.121. The second kappa shape index (κ2) is 10.4. The normalized spacial score (nSPS) is 10.5. The van der Waals surface area contributed by atoms with Crippen LogP contribution in [0.15, 0.2) is 84.9 Å². The molecule has 0 aliphatic rings. The Bertz CT molecular complexity index is 1360. The Balaban J connectivity index is 1.59. The smallest absolute Gasteiger partial charge is 0.339 e. The molecule has 1 amide bonds. The van der Waals surface area contributed by atoms with E-state index < -0.39 is 18.5 Å². The summed E-state index contributed by atoms with van der Waals surface area (Å²) in [6.45, 7) is 1.79. The topological polar surface area (TPSA) is 83.3 Å². The number of fused-ring (bicyclic) bond motifs is 1. The molecule has 0 spiro atoms. The SMILES string of the molecule is Cc1ccc(-c2cc(C(=O)OCC(=O)N(CCC#N)c3ccccc3)c3ccccc3n2)cc1. The van der Waals surface area contributed by atoms with Gasteiger partial charge in [0, 0.05) is 23.2 Å². The molecule has 0 atom stereocenters. The third-order valence-corrected chi connectivity index (χ3v) is 5.43. The number of pyridine rings is 1. The molecule has 0 saturated heterocycles. The number of benzene rings is 3. The van der Waals surface area contributed by atoms with Crippen LogP contribution in [-0.2, 0) is 9.53 Å². The van der Waals surface area contributed by atoms with E-state index in [-0.39, 0.29) is 13.0 Å². The number of carbonyl (C=O) groups excluding carboxylic acids is 2. The molecule has 3 aromatic carbocycles. The van der Waals surface area contributed by atoms with Crippen LogP contribution in [0.25, 0.3) is 22.2 Å². The van der Waals surface area contributed by atoms with Crippen molar-refractivity contribution in [1.29, 1.82) is 5.26 Å². The fourth-order valence-corrected chi connectivity index (χ4v) is 3.67. The van der Waals surface area contributed by atoms with E-state index >= 15 is 0 Å². The first-order valence-electron chi connectivity index (χ1n) is 10.9. The van der Waals surface area contributed by atoms with Gasteiger partial charge in [-0.1, -0.05) is 66.2 Å². The molecule has 168 valence electrons. The Labute approximate surface area is 198 Å². The standard InChI is InChI=1S/C28H23N3O3/c1-20-12-14-21(15-13-20)26-18-24(23-10-5-6-11-25(23)30-26)28(33)34-19-27(32)31(17-7-16-29)22-8-3-2-4-9-22/h2-6,8-15,18H,7,17,19H2,1H3. The highest BCUT2D eigenvalue weighted by atomic mass is 16.5. The van der Waals surface area contributed by atoms with Gasteiger partial charge in [-0.25, -0.2) is 9.78 Å². The number of rotatable bonds is 7. The molecule has 1 aromatic heterocycles. The van der Waals surface area contributed by atoms with Gasteiger partial charge in [0.15, 0.2) is 6.61 Å². The summed E-state index contributed by atoms with van der Waals surface area (Å²) in [5, 5.41) is 9.62. The van der Waals surface area contributed by atoms with E-state index in [0.717, 1.165) is 11.1 Å². The minimum absolute atomic E-state index is 0.170. The molecular weight excluding hydrogens is 426 g/mol. The third kappa shape index (κ3) is 5.11. The largest absolute Gasteiger partial charge is 0.452 e. The summed E-state index contributed by atoms with van der Waals surface area (Å²) in [7, 11) is 0. The van der Waals surface area contributed by atoms with E-state index in [2.05, 4.69) is 6.07 Å². The Morgan fingerprint density at radius 2 is 1.68 bits per heavy atom. The number of hydrogen-bond donors (Lipinski definition) is 0. The number of aromatic nitrogens is 1. The number of hydrogen-bond acceptors (Lipinski definition) is 5. The lowest BCUT2D eigenvalue weighted by Gasteiger charge is -2.21. The van der Waals surface area contributed by atoms with Gasteiger partial charge in [-0.15, -0.1) is 0 Å². The maximum absolute atomic E-state index is 13.1. The predicted octanol–water partition coefficient (Wildman–Crippen LogP) is 5.31. The molecule has 4 rings (SSSR count). The fraction of sp³-hybridized carbons (Fsp3) is 0.143. The zero-order chi connectivity index (χ0) is 23.9. The second-order valence-electron chi connectivity index (χ2n) is 7.80. The van der Waals surface area contributed by atoms with Crippen molar-refractivity contribution < 1.29 is 14.3 Å². The average Bonchev–Trinajstić information content (AvgIpc) is 2.88. The molecule has 0 radical (unpaired) electrons. The van der Waals surface area contributed by atoms with Crippen LogP contribution < -0.4 is 4.90 Å². The van der Waals surface area contributed by atoms with Crippen LogP contribution in [0.4, 0.5) is 5.69 Å². The van der Waals surface area contributed by atoms with Gasteiger partial charge in [0.2, 0.25) is 0 Å². The van der Waals surface area contributed by atoms with Crippen LogP contribution in [0.1, 0.15) is 22.3 Å². The van der Waals surface area contributed by atoms with Gasteiger partial charge in [0.25, 0.3) is 5.91 Å². The Morgan fingerprint density at radius 3 is 2.41 bits per heavy atom. The first-order valence-corrected chi connectivity index (χ1v) is 10.9. The van der Waals surface area contributed by atoms with E-state index in [1.807, 2.05) is 73.7 Å². The van der Waals surface area contributed by atoms with Crippen LogP contribution in [0.2, 0.25) is 0 Å². The molecule has 0 saturated carbocycles. The summed E-state index contributed by atoms with van der Waals surface area (Å²) < 4.78 is 5.45. The van der Waals surface area contributed by atoms with Crippen molar-refractivity contribution in [3.05, 3.63) is 96.1 Å². The fourth-order valence-electron chi connectivity index (χ4n) is 3.67. The molecule has 6 nitrogen and oxygen atoms in total. The Kier molecular flexibility index (Phi) is 6.95. The molecule has 1 heterocycles. The third-order valence-electron chi connectivity index (χ3n) is 5.43. The van der Waals surface area contributed by atoms with Gasteiger partial charge in [0.1, 0.15) is 0 Å². The summed E-state index contributed by atoms with van der Waals surface area (Å²) in [5.74, 6) is -1.000. The van der Waals surface area contributed by atoms with E-state index in [9.17, 15) is 9.59 Å². The molecule has 6 heteroatoms. The quantitative estimate of drug-likeness (QED) is 0.357. The number of para-hydroxylation sites is 2. The molecule has 0 bridgehead atoms. The molecule has 0 aliphatic heterocycles. The zero-order valence-corrected chi connectivity index (χ0v) is 18.8. The zero-order valence-electron chi connectivity index (χ0n) is 18.8. The summed E-state index contributed by atoms with van der Waals surface area (Å²) >= 11 is 0. The van der Waals surface area contributed by atoms with E-state index in [4.69, 9.17) is 15.0 Å². The summed E-state index contributed by atoms with van der Waals surface area (Å²) in [6, 6.07) is 28.0. The first kappa shape index (κ1) is 22.7. The summed E-state index contributed by atoms with van der Waals surface area (Å²) in [4.78, 5) is 32.2. The highest BCUT2D eigenvalue weighted by molar-refractivity contribution is 6.05. The van der Waals surface area contributed by atoms with Gasteiger partial charge in [-0.3, -0.25) is 4.79 Å².